The maximum Gasteiger partial charge on any atom is 0.320 e. The van der Waals surface area contributed by atoms with Gasteiger partial charge in [-0.2, -0.15) is 0 Å². The summed E-state index contributed by atoms with van der Waals surface area (Å²) in [5.74, 6) is -0.342. The van der Waals surface area contributed by atoms with Gasteiger partial charge in [-0.3, -0.25) is 19.8 Å². The summed E-state index contributed by atoms with van der Waals surface area (Å²) in [6.45, 7) is 0.237. The number of anilines is 2. The van der Waals surface area contributed by atoms with E-state index in [0.29, 0.717) is 5.69 Å². The van der Waals surface area contributed by atoms with E-state index in [0.717, 1.165) is 12.0 Å². The molecule has 1 aromatic heterocycles. The maximum atomic E-state index is 12.9. The highest BCUT2D eigenvalue weighted by atomic mass is 16.3. The SMILES string of the molecule is O=C(NCc1ccc(N2C(=O)C3C4C=CC(C4)C3C2=O)cc1)Nc1ncccc1O. The number of fused-ring (bicyclic) bond motifs is 5. The molecule has 3 aliphatic rings. The molecular weight excluding hydrogens is 384 g/mol. The summed E-state index contributed by atoms with van der Waals surface area (Å²) in [5.41, 5.74) is 1.37. The minimum absolute atomic E-state index is 0.0745. The van der Waals surface area contributed by atoms with Crippen molar-refractivity contribution in [1.82, 2.24) is 10.3 Å². The van der Waals surface area contributed by atoms with Crippen molar-refractivity contribution >= 4 is 29.4 Å². The fourth-order valence-corrected chi connectivity index (χ4v) is 4.75. The average molecular weight is 404 g/mol. The topological polar surface area (TPSA) is 112 Å². The Balaban J connectivity index is 1.22. The quantitative estimate of drug-likeness (QED) is 0.535. The van der Waals surface area contributed by atoms with Crippen molar-refractivity contribution < 1.29 is 19.5 Å². The monoisotopic (exact) mass is 404 g/mol. The molecule has 2 bridgehead atoms. The molecule has 1 aromatic carbocycles. The molecule has 4 unspecified atom stereocenters. The number of aromatic hydroxyl groups is 1. The molecule has 2 heterocycles. The van der Waals surface area contributed by atoms with Crippen LogP contribution in [0, 0.1) is 23.7 Å². The summed E-state index contributed by atoms with van der Waals surface area (Å²) < 4.78 is 0. The van der Waals surface area contributed by atoms with Crippen molar-refractivity contribution in [3.63, 3.8) is 0 Å². The lowest BCUT2D eigenvalue weighted by atomic mass is 9.85. The Morgan fingerprint density at radius 3 is 2.37 bits per heavy atom. The summed E-state index contributed by atoms with van der Waals surface area (Å²) in [4.78, 5) is 42.9. The molecule has 2 fully saturated rings. The first kappa shape index (κ1) is 18.4. The van der Waals surface area contributed by atoms with Crippen LogP contribution in [0.3, 0.4) is 0 Å². The zero-order valence-corrected chi connectivity index (χ0v) is 16.0. The zero-order chi connectivity index (χ0) is 20.8. The molecule has 1 saturated heterocycles. The smallest absolute Gasteiger partial charge is 0.320 e. The number of carbonyl (C=O) groups excluding carboxylic acids is 3. The molecule has 1 saturated carbocycles. The van der Waals surface area contributed by atoms with Crippen LogP contribution in [0.15, 0.2) is 54.7 Å². The molecule has 2 aliphatic carbocycles. The summed E-state index contributed by atoms with van der Waals surface area (Å²) in [6, 6.07) is 9.48. The first-order valence-corrected chi connectivity index (χ1v) is 9.87. The van der Waals surface area contributed by atoms with Gasteiger partial charge in [0.2, 0.25) is 11.8 Å². The number of hydrogen-bond acceptors (Lipinski definition) is 5. The molecule has 5 rings (SSSR count). The predicted octanol–water partition coefficient (Wildman–Crippen LogP) is 2.42. The first-order valence-electron chi connectivity index (χ1n) is 9.87. The number of amides is 4. The fraction of sp³-hybridized carbons (Fsp3) is 0.273. The third kappa shape index (κ3) is 2.92. The predicted molar refractivity (Wildman–Crippen MR) is 108 cm³/mol. The molecule has 3 N–H and O–H groups in total. The number of aromatic nitrogens is 1. The summed E-state index contributed by atoms with van der Waals surface area (Å²) in [6.07, 6.45) is 6.52. The van der Waals surface area contributed by atoms with Crippen LogP contribution in [-0.2, 0) is 16.1 Å². The van der Waals surface area contributed by atoms with Crippen LogP contribution in [0.2, 0.25) is 0 Å². The van der Waals surface area contributed by atoms with Crippen LogP contribution < -0.4 is 15.5 Å². The molecule has 8 nitrogen and oxygen atoms in total. The number of allylic oxidation sites excluding steroid dienone is 2. The second-order valence-corrected chi connectivity index (χ2v) is 7.86. The highest BCUT2D eigenvalue weighted by Gasteiger charge is 2.59. The van der Waals surface area contributed by atoms with E-state index in [-0.39, 0.29) is 53.6 Å². The highest BCUT2D eigenvalue weighted by Crippen LogP contribution is 2.53. The van der Waals surface area contributed by atoms with Gasteiger partial charge in [-0.15, -0.1) is 0 Å². The summed E-state index contributed by atoms with van der Waals surface area (Å²) in [5, 5.41) is 14.8. The average Bonchev–Trinajstić information content (AvgIpc) is 3.43. The van der Waals surface area contributed by atoms with E-state index < -0.39 is 6.03 Å². The van der Waals surface area contributed by atoms with Crippen LogP contribution in [0.1, 0.15) is 12.0 Å². The Morgan fingerprint density at radius 2 is 1.73 bits per heavy atom. The van der Waals surface area contributed by atoms with Crippen molar-refractivity contribution in [2.24, 2.45) is 23.7 Å². The van der Waals surface area contributed by atoms with Gasteiger partial charge in [-0.05, 0) is 48.1 Å². The van der Waals surface area contributed by atoms with Gasteiger partial charge in [-0.1, -0.05) is 24.3 Å². The second-order valence-electron chi connectivity index (χ2n) is 7.86. The Bertz CT molecular complexity index is 1040. The number of nitrogens with one attached hydrogen (secondary N) is 2. The van der Waals surface area contributed by atoms with Crippen LogP contribution >= 0.6 is 0 Å². The van der Waals surface area contributed by atoms with E-state index >= 15 is 0 Å². The Morgan fingerprint density at radius 1 is 1.07 bits per heavy atom. The molecular formula is C22H20N4O4. The molecule has 1 aliphatic heterocycles. The lowest BCUT2D eigenvalue weighted by Crippen LogP contribution is -2.32. The van der Waals surface area contributed by atoms with Gasteiger partial charge >= 0.3 is 6.03 Å². The maximum absolute atomic E-state index is 12.9. The third-order valence-corrected chi connectivity index (χ3v) is 6.14. The number of urea groups is 1. The van der Waals surface area contributed by atoms with Gasteiger partial charge < -0.3 is 10.4 Å². The molecule has 30 heavy (non-hydrogen) atoms. The number of pyridine rings is 1. The fourth-order valence-electron chi connectivity index (χ4n) is 4.75. The molecule has 2 aromatic rings. The Hall–Kier alpha value is -3.68. The van der Waals surface area contributed by atoms with Crippen LogP contribution in [-0.4, -0.2) is 27.9 Å². The number of nitrogens with zero attached hydrogens (tertiary/aromatic N) is 2. The minimum atomic E-state index is -0.506. The van der Waals surface area contributed by atoms with Gasteiger partial charge in [0.1, 0.15) is 0 Å². The number of carbonyl (C=O) groups is 3. The standard InChI is InChI=1S/C22H20N4O4/c27-16-2-1-9-23-19(16)25-22(30)24-11-12-3-7-15(8-4-12)26-20(28)17-13-5-6-14(10-13)18(17)21(26)29/h1-9,13-14,17-18,27H,10-11H2,(H2,23,24,25,30). The number of rotatable bonds is 4. The molecule has 152 valence electrons. The zero-order valence-electron chi connectivity index (χ0n) is 16.0. The van der Waals surface area contributed by atoms with Crippen LogP contribution in [0.4, 0.5) is 16.3 Å². The Labute approximate surface area is 172 Å². The van der Waals surface area contributed by atoms with Crippen LogP contribution in [0.25, 0.3) is 0 Å². The van der Waals surface area contributed by atoms with Gasteiger partial charge in [0.15, 0.2) is 11.6 Å². The van der Waals surface area contributed by atoms with Gasteiger partial charge in [0.25, 0.3) is 0 Å². The molecule has 0 radical (unpaired) electrons. The number of imide groups is 1. The van der Waals surface area contributed by atoms with Crippen molar-refractivity contribution in [3.05, 3.63) is 60.3 Å². The number of benzene rings is 1. The molecule has 0 spiro atoms. The number of hydrogen-bond donors (Lipinski definition) is 3. The molecule has 4 amide bonds. The largest absolute Gasteiger partial charge is 0.504 e. The van der Waals surface area contributed by atoms with Gasteiger partial charge in [0, 0.05) is 12.7 Å². The lowest BCUT2D eigenvalue weighted by molar-refractivity contribution is -0.123. The third-order valence-electron chi connectivity index (χ3n) is 6.14. The van der Waals surface area contributed by atoms with E-state index in [1.54, 1.807) is 30.3 Å². The summed E-state index contributed by atoms with van der Waals surface area (Å²) in [7, 11) is 0. The van der Waals surface area contributed by atoms with E-state index in [1.165, 1.54) is 17.2 Å². The first-order chi connectivity index (χ1) is 14.5. The van der Waals surface area contributed by atoms with Crippen molar-refractivity contribution in [3.8, 4) is 5.75 Å². The van der Waals surface area contributed by atoms with E-state index in [2.05, 4.69) is 27.8 Å². The Kier molecular flexibility index (Phi) is 4.27. The summed E-state index contributed by atoms with van der Waals surface area (Å²) >= 11 is 0. The van der Waals surface area contributed by atoms with E-state index in [4.69, 9.17) is 0 Å². The molecule has 8 heteroatoms. The van der Waals surface area contributed by atoms with Crippen LogP contribution in [0.5, 0.6) is 5.75 Å². The van der Waals surface area contributed by atoms with Crippen molar-refractivity contribution in [1.29, 1.82) is 0 Å². The second kappa shape index (κ2) is 6.98. The lowest BCUT2D eigenvalue weighted by Gasteiger charge is -2.17. The van der Waals surface area contributed by atoms with Gasteiger partial charge in [0.05, 0.1) is 17.5 Å². The van der Waals surface area contributed by atoms with E-state index in [9.17, 15) is 19.5 Å². The molecule has 4 atom stereocenters. The normalized spacial score (nSPS) is 26.2. The van der Waals surface area contributed by atoms with Crippen molar-refractivity contribution in [2.75, 3.05) is 10.2 Å². The van der Waals surface area contributed by atoms with Gasteiger partial charge in [-0.25, -0.2) is 9.78 Å². The van der Waals surface area contributed by atoms with Crippen molar-refractivity contribution in [2.45, 2.75) is 13.0 Å². The highest BCUT2D eigenvalue weighted by molar-refractivity contribution is 6.22. The minimum Gasteiger partial charge on any atom is -0.504 e. The van der Waals surface area contributed by atoms with E-state index in [1.807, 2.05) is 0 Å².